The van der Waals surface area contributed by atoms with Crippen LogP contribution in [0.15, 0.2) is 12.4 Å². The third kappa shape index (κ3) is 4.08. The topological polar surface area (TPSA) is 35.0 Å². The quantitative estimate of drug-likeness (QED) is 0.779. The van der Waals surface area contributed by atoms with Crippen LogP contribution in [-0.2, 0) is 0 Å². The van der Waals surface area contributed by atoms with Crippen molar-refractivity contribution in [2.24, 2.45) is 0 Å². The molecule has 0 amide bonds. The minimum Gasteiger partial charge on any atom is -0.470 e. The van der Waals surface area contributed by atoms with Crippen LogP contribution in [0.1, 0.15) is 38.8 Å². The van der Waals surface area contributed by atoms with E-state index in [1.165, 1.54) is 6.20 Å². The van der Waals surface area contributed by atoms with Crippen LogP contribution >= 0.6 is 0 Å². The molecule has 1 atom stereocenters. The normalized spacial score (nSPS) is 13.6. The first-order chi connectivity index (χ1) is 7.42. The van der Waals surface area contributed by atoms with E-state index in [2.05, 4.69) is 9.97 Å². The lowest BCUT2D eigenvalue weighted by Crippen LogP contribution is -2.21. The molecule has 0 spiro atoms. The largest absolute Gasteiger partial charge is 0.470 e. The van der Waals surface area contributed by atoms with Gasteiger partial charge in [0.25, 0.3) is 5.92 Å². The van der Waals surface area contributed by atoms with Crippen LogP contribution in [0.2, 0.25) is 0 Å². The Morgan fingerprint density at radius 1 is 1.38 bits per heavy atom. The minimum absolute atomic E-state index is 0.133. The number of ether oxygens (including phenoxy) is 1. The fourth-order valence-electron chi connectivity index (χ4n) is 1.06. The Hall–Kier alpha value is -1.26. The van der Waals surface area contributed by atoms with Gasteiger partial charge in [0.1, 0.15) is 0 Å². The zero-order chi connectivity index (χ0) is 12.2. The summed E-state index contributed by atoms with van der Waals surface area (Å²) in [6.45, 7) is 4.21. The molecule has 1 rings (SSSR count). The zero-order valence-corrected chi connectivity index (χ0v) is 9.70. The van der Waals surface area contributed by atoms with E-state index in [1.807, 2.05) is 13.8 Å². The van der Waals surface area contributed by atoms with Crippen molar-refractivity contribution in [3.05, 3.63) is 18.1 Å². The van der Waals surface area contributed by atoms with Gasteiger partial charge in [0.15, 0.2) is 6.61 Å². The summed E-state index contributed by atoms with van der Waals surface area (Å²) >= 11 is 0. The molecule has 90 valence electrons. The molecule has 0 aliphatic carbocycles. The van der Waals surface area contributed by atoms with Gasteiger partial charge in [-0.15, -0.1) is 0 Å². The summed E-state index contributed by atoms with van der Waals surface area (Å²) in [7, 11) is 0. The SMILES string of the molecule is CCC(C)c1cnc(OCC(C)(F)F)cn1. The predicted molar refractivity (Wildman–Crippen MR) is 56.9 cm³/mol. The molecule has 0 N–H and O–H groups in total. The molecule has 0 aromatic carbocycles. The first-order valence-electron chi connectivity index (χ1n) is 5.25. The molecule has 1 heterocycles. The van der Waals surface area contributed by atoms with Crippen LogP contribution in [0.4, 0.5) is 8.78 Å². The van der Waals surface area contributed by atoms with Gasteiger partial charge in [0, 0.05) is 6.92 Å². The van der Waals surface area contributed by atoms with E-state index in [9.17, 15) is 8.78 Å². The minimum atomic E-state index is -2.85. The number of rotatable bonds is 5. The van der Waals surface area contributed by atoms with E-state index >= 15 is 0 Å². The van der Waals surface area contributed by atoms with Crippen molar-refractivity contribution in [3.63, 3.8) is 0 Å². The number of alkyl halides is 2. The average Bonchev–Trinajstić information content (AvgIpc) is 2.25. The van der Waals surface area contributed by atoms with Gasteiger partial charge in [0.2, 0.25) is 5.88 Å². The first-order valence-corrected chi connectivity index (χ1v) is 5.25. The van der Waals surface area contributed by atoms with E-state index in [1.54, 1.807) is 6.20 Å². The fraction of sp³-hybridized carbons (Fsp3) is 0.636. The van der Waals surface area contributed by atoms with E-state index in [0.717, 1.165) is 19.0 Å². The van der Waals surface area contributed by atoms with E-state index in [-0.39, 0.29) is 5.88 Å². The molecule has 0 saturated carbocycles. The molecule has 0 aliphatic rings. The van der Waals surface area contributed by atoms with Crippen LogP contribution in [0, 0.1) is 0 Å². The number of aromatic nitrogens is 2. The maximum atomic E-state index is 12.5. The average molecular weight is 230 g/mol. The van der Waals surface area contributed by atoms with Crippen molar-refractivity contribution < 1.29 is 13.5 Å². The number of hydrogen-bond acceptors (Lipinski definition) is 3. The van der Waals surface area contributed by atoms with Gasteiger partial charge < -0.3 is 4.74 Å². The highest BCUT2D eigenvalue weighted by atomic mass is 19.3. The number of nitrogens with zero attached hydrogens (tertiary/aromatic N) is 2. The molecule has 0 bridgehead atoms. The molecule has 1 unspecified atom stereocenters. The van der Waals surface area contributed by atoms with Crippen molar-refractivity contribution in [1.82, 2.24) is 9.97 Å². The molecule has 16 heavy (non-hydrogen) atoms. The Bertz CT molecular complexity index is 322. The van der Waals surface area contributed by atoms with E-state index in [4.69, 9.17) is 4.74 Å². The van der Waals surface area contributed by atoms with Gasteiger partial charge in [-0.25, -0.2) is 13.8 Å². The van der Waals surface area contributed by atoms with Crippen LogP contribution in [0.5, 0.6) is 5.88 Å². The summed E-state index contributed by atoms with van der Waals surface area (Å²) in [5.41, 5.74) is 0.845. The van der Waals surface area contributed by atoms with Crippen molar-refractivity contribution in [2.45, 2.75) is 39.0 Å². The summed E-state index contributed by atoms with van der Waals surface area (Å²) < 4.78 is 29.8. The van der Waals surface area contributed by atoms with Crippen LogP contribution < -0.4 is 4.74 Å². The molecule has 0 aliphatic heterocycles. The van der Waals surface area contributed by atoms with Gasteiger partial charge >= 0.3 is 0 Å². The molecule has 0 radical (unpaired) electrons. The summed E-state index contributed by atoms with van der Waals surface area (Å²) in [5.74, 6) is -2.40. The summed E-state index contributed by atoms with van der Waals surface area (Å²) in [6, 6.07) is 0. The van der Waals surface area contributed by atoms with Gasteiger partial charge in [-0.1, -0.05) is 13.8 Å². The van der Waals surface area contributed by atoms with Gasteiger partial charge in [-0.2, -0.15) is 0 Å². The Labute approximate surface area is 93.9 Å². The lowest BCUT2D eigenvalue weighted by molar-refractivity contribution is -0.0243. The summed E-state index contributed by atoms with van der Waals surface area (Å²) in [5, 5.41) is 0. The lowest BCUT2D eigenvalue weighted by atomic mass is 10.1. The highest BCUT2D eigenvalue weighted by Crippen LogP contribution is 2.18. The maximum Gasteiger partial charge on any atom is 0.278 e. The van der Waals surface area contributed by atoms with Gasteiger partial charge in [-0.05, 0) is 12.3 Å². The summed E-state index contributed by atoms with van der Waals surface area (Å²) in [4.78, 5) is 8.05. The Morgan fingerprint density at radius 3 is 2.50 bits per heavy atom. The number of halogens is 2. The fourth-order valence-corrected chi connectivity index (χ4v) is 1.06. The highest BCUT2D eigenvalue weighted by molar-refractivity contribution is 5.10. The molecular weight excluding hydrogens is 214 g/mol. The zero-order valence-electron chi connectivity index (χ0n) is 9.70. The number of hydrogen-bond donors (Lipinski definition) is 0. The van der Waals surface area contributed by atoms with E-state index in [0.29, 0.717) is 5.92 Å². The smallest absolute Gasteiger partial charge is 0.278 e. The molecule has 0 fully saturated rings. The second kappa shape index (κ2) is 5.18. The molecule has 1 aromatic heterocycles. The second-order valence-corrected chi connectivity index (χ2v) is 3.95. The molecule has 5 heteroatoms. The van der Waals surface area contributed by atoms with Crippen LogP contribution in [0.25, 0.3) is 0 Å². The lowest BCUT2D eigenvalue weighted by Gasteiger charge is -2.12. The Morgan fingerprint density at radius 2 is 2.06 bits per heavy atom. The van der Waals surface area contributed by atoms with E-state index < -0.39 is 12.5 Å². The Kier molecular flexibility index (Phi) is 4.15. The second-order valence-electron chi connectivity index (χ2n) is 3.95. The molecule has 1 aromatic rings. The Balaban J connectivity index is 2.58. The van der Waals surface area contributed by atoms with Gasteiger partial charge in [0.05, 0.1) is 18.1 Å². The monoisotopic (exact) mass is 230 g/mol. The first kappa shape index (κ1) is 12.8. The molecule has 3 nitrogen and oxygen atoms in total. The van der Waals surface area contributed by atoms with Crippen molar-refractivity contribution in [2.75, 3.05) is 6.61 Å². The molecular formula is C11H16F2N2O. The van der Waals surface area contributed by atoms with Crippen LogP contribution in [0.3, 0.4) is 0 Å². The maximum absolute atomic E-state index is 12.5. The standard InChI is InChI=1S/C11H16F2N2O/c1-4-8(2)9-5-15-10(6-14-9)16-7-11(3,12)13/h5-6,8H,4,7H2,1-3H3. The van der Waals surface area contributed by atoms with Crippen molar-refractivity contribution >= 4 is 0 Å². The summed E-state index contributed by atoms with van der Waals surface area (Å²) in [6.07, 6.45) is 3.91. The molecule has 0 saturated heterocycles. The predicted octanol–water partition coefficient (Wildman–Crippen LogP) is 3.02. The van der Waals surface area contributed by atoms with Crippen molar-refractivity contribution in [3.8, 4) is 5.88 Å². The third-order valence-corrected chi connectivity index (χ3v) is 2.24. The highest BCUT2D eigenvalue weighted by Gasteiger charge is 2.22. The van der Waals surface area contributed by atoms with Crippen LogP contribution in [-0.4, -0.2) is 22.5 Å². The van der Waals surface area contributed by atoms with Gasteiger partial charge in [-0.3, -0.25) is 4.98 Å². The van der Waals surface area contributed by atoms with Crippen molar-refractivity contribution in [1.29, 1.82) is 0 Å². The third-order valence-electron chi connectivity index (χ3n) is 2.24.